The molecule has 3 nitrogen and oxygen atoms in total. The summed E-state index contributed by atoms with van der Waals surface area (Å²) in [7, 11) is 1.45. The molecule has 0 radical (unpaired) electrons. The molecule has 0 amide bonds. The number of carbonyl (C=O) groups excluding carboxylic acids is 1. The maximum atomic E-state index is 11.4. The zero-order chi connectivity index (χ0) is 12.2. The molecule has 0 saturated heterocycles. The van der Waals surface area contributed by atoms with Crippen LogP contribution >= 0.6 is 0 Å². The van der Waals surface area contributed by atoms with Crippen molar-refractivity contribution in [2.45, 2.75) is 52.5 Å². The zero-order valence-corrected chi connectivity index (χ0v) is 11.0. The van der Waals surface area contributed by atoms with Crippen LogP contribution < -0.4 is 5.32 Å². The highest BCUT2D eigenvalue weighted by molar-refractivity contribution is 5.72. The average Bonchev–Trinajstić information content (AvgIpc) is 3.05. The van der Waals surface area contributed by atoms with Crippen molar-refractivity contribution in [3.05, 3.63) is 0 Å². The van der Waals surface area contributed by atoms with Gasteiger partial charge < -0.3 is 10.1 Å². The van der Waals surface area contributed by atoms with Crippen LogP contribution in [0, 0.1) is 11.3 Å². The summed E-state index contributed by atoms with van der Waals surface area (Å²) >= 11 is 0. The SMILES string of the molecule is CCCC1(CNC(C)C(C)C(=O)OC)CC1. The summed E-state index contributed by atoms with van der Waals surface area (Å²) in [6, 6.07) is 0.196. The van der Waals surface area contributed by atoms with E-state index in [1.807, 2.05) is 6.92 Å². The van der Waals surface area contributed by atoms with Crippen molar-refractivity contribution in [2.24, 2.45) is 11.3 Å². The molecule has 16 heavy (non-hydrogen) atoms. The third kappa shape index (κ3) is 3.48. The van der Waals surface area contributed by atoms with Crippen molar-refractivity contribution in [3.8, 4) is 0 Å². The predicted octanol–water partition coefficient (Wildman–Crippen LogP) is 2.35. The fraction of sp³-hybridized carbons (Fsp3) is 0.923. The van der Waals surface area contributed by atoms with E-state index in [4.69, 9.17) is 4.74 Å². The number of methoxy groups -OCH3 is 1. The molecule has 94 valence electrons. The Morgan fingerprint density at radius 2 is 2.06 bits per heavy atom. The second-order valence-electron chi connectivity index (χ2n) is 5.23. The smallest absolute Gasteiger partial charge is 0.309 e. The maximum absolute atomic E-state index is 11.4. The first-order chi connectivity index (χ1) is 7.54. The molecule has 0 spiro atoms. The standard InChI is InChI=1S/C13H25NO2/c1-5-6-13(7-8-13)9-14-11(3)10(2)12(15)16-4/h10-11,14H,5-9H2,1-4H3. The highest BCUT2D eigenvalue weighted by atomic mass is 16.5. The van der Waals surface area contributed by atoms with Crippen molar-refractivity contribution in [1.29, 1.82) is 0 Å². The molecule has 2 unspecified atom stereocenters. The van der Waals surface area contributed by atoms with Crippen molar-refractivity contribution in [2.75, 3.05) is 13.7 Å². The molecule has 1 N–H and O–H groups in total. The summed E-state index contributed by atoms with van der Waals surface area (Å²) in [6.45, 7) is 7.26. The maximum Gasteiger partial charge on any atom is 0.309 e. The summed E-state index contributed by atoms with van der Waals surface area (Å²) in [5.41, 5.74) is 0.541. The topological polar surface area (TPSA) is 38.3 Å². The Morgan fingerprint density at radius 1 is 1.44 bits per heavy atom. The number of rotatable bonds is 7. The first-order valence-electron chi connectivity index (χ1n) is 6.36. The van der Waals surface area contributed by atoms with Gasteiger partial charge >= 0.3 is 5.97 Å². The van der Waals surface area contributed by atoms with Crippen LogP contribution in [0.5, 0.6) is 0 Å². The van der Waals surface area contributed by atoms with Gasteiger partial charge in [-0.1, -0.05) is 20.3 Å². The van der Waals surface area contributed by atoms with E-state index in [9.17, 15) is 4.79 Å². The number of nitrogens with one attached hydrogen (secondary N) is 1. The molecule has 0 aliphatic heterocycles. The molecule has 1 saturated carbocycles. The van der Waals surface area contributed by atoms with Gasteiger partial charge in [0.25, 0.3) is 0 Å². The lowest BCUT2D eigenvalue weighted by Gasteiger charge is -2.23. The van der Waals surface area contributed by atoms with Crippen molar-refractivity contribution in [3.63, 3.8) is 0 Å². The van der Waals surface area contributed by atoms with E-state index in [0.717, 1.165) is 6.54 Å². The third-order valence-electron chi connectivity index (χ3n) is 3.86. The Hall–Kier alpha value is -0.570. The number of carbonyl (C=O) groups is 1. The zero-order valence-electron chi connectivity index (χ0n) is 11.0. The molecule has 0 aromatic heterocycles. The molecule has 1 fully saturated rings. The minimum Gasteiger partial charge on any atom is -0.469 e. The van der Waals surface area contributed by atoms with Crippen molar-refractivity contribution >= 4 is 5.97 Å². The van der Waals surface area contributed by atoms with Gasteiger partial charge in [0.1, 0.15) is 0 Å². The molecule has 0 aromatic rings. The molecule has 0 heterocycles. The molecule has 1 rings (SSSR count). The Bertz CT molecular complexity index is 236. The Kier molecular flexibility index (Phi) is 4.78. The molecule has 1 aliphatic carbocycles. The van der Waals surface area contributed by atoms with E-state index in [2.05, 4.69) is 19.2 Å². The largest absolute Gasteiger partial charge is 0.469 e. The van der Waals surface area contributed by atoms with E-state index in [0.29, 0.717) is 5.41 Å². The number of hydrogen-bond acceptors (Lipinski definition) is 3. The third-order valence-corrected chi connectivity index (χ3v) is 3.86. The Morgan fingerprint density at radius 3 is 2.50 bits per heavy atom. The lowest BCUT2D eigenvalue weighted by atomic mass is 9.98. The minimum absolute atomic E-state index is 0.0672. The summed E-state index contributed by atoms with van der Waals surface area (Å²) in [5, 5.41) is 3.48. The van der Waals surface area contributed by atoms with E-state index in [1.54, 1.807) is 0 Å². The molecular weight excluding hydrogens is 202 g/mol. The van der Waals surface area contributed by atoms with Gasteiger partial charge in [-0.15, -0.1) is 0 Å². The van der Waals surface area contributed by atoms with Crippen LogP contribution in [-0.4, -0.2) is 25.7 Å². The predicted molar refractivity (Wildman–Crippen MR) is 65.2 cm³/mol. The summed E-state index contributed by atoms with van der Waals surface area (Å²) in [4.78, 5) is 11.4. The quantitative estimate of drug-likeness (QED) is 0.678. The van der Waals surface area contributed by atoms with E-state index in [-0.39, 0.29) is 17.9 Å². The van der Waals surface area contributed by atoms with E-state index >= 15 is 0 Å². The minimum atomic E-state index is -0.125. The second-order valence-corrected chi connectivity index (χ2v) is 5.23. The molecule has 3 heteroatoms. The fourth-order valence-electron chi connectivity index (χ4n) is 2.17. The lowest BCUT2D eigenvalue weighted by molar-refractivity contribution is -0.145. The summed E-state index contributed by atoms with van der Waals surface area (Å²) < 4.78 is 4.75. The summed E-state index contributed by atoms with van der Waals surface area (Å²) in [5.74, 6) is -0.192. The molecular formula is C13H25NO2. The molecule has 2 atom stereocenters. The van der Waals surface area contributed by atoms with E-state index in [1.165, 1.54) is 32.8 Å². The number of ether oxygens (including phenoxy) is 1. The highest BCUT2D eigenvalue weighted by Gasteiger charge is 2.41. The van der Waals surface area contributed by atoms with Gasteiger partial charge in [-0.05, 0) is 31.6 Å². The number of hydrogen-bond donors (Lipinski definition) is 1. The van der Waals surface area contributed by atoms with Gasteiger partial charge in [-0.25, -0.2) is 0 Å². The van der Waals surface area contributed by atoms with Gasteiger partial charge in [-0.2, -0.15) is 0 Å². The first-order valence-corrected chi connectivity index (χ1v) is 6.36. The Labute approximate surface area is 98.9 Å². The van der Waals surface area contributed by atoms with Crippen LogP contribution in [0.2, 0.25) is 0 Å². The van der Waals surface area contributed by atoms with Gasteiger partial charge in [0.2, 0.25) is 0 Å². The van der Waals surface area contributed by atoms with Gasteiger partial charge in [-0.3, -0.25) is 4.79 Å². The van der Waals surface area contributed by atoms with Crippen LogP contribution in [-0.2, 0) is 9.53 Å². The molecule has 0 bridgehead atoms. The Balaban J connectivity index is 2.29. The fourth-order valence-corrected chi connectivity index (χ4v) is 2.17. The van der Waals surface area contributed by atoms with Crippen LogP contribution in [0.4, 0.5) is 0 Å². The summed E-state index contributed by atoms with van der Waals surface area (Å²) in [6.07, 6.45) is 5.24. The van der Waals surface area contributed by atoms with Gasteiger partial charge in [0.05, 0.1) is 13.0 Å². The highest BCUT2D eigenvalue weighted by Crippen LogP contribution is 2.49. The van der Waals surface area contributed by atoms with Crippen LogP contribution in [0.1, 0.15) is 46.5 Å². The van der Waals surface area contributed by atoms with E-state index < -0.39 is 0 Å². The average molecular weight is 227 g/mol. The first kappa shape index (κ1) is 13.5. The molecule has 1 aliphatic rings. The van der Waals surface area contributed by atoms with Crippen LogP contribution in [0.25, 0.3) is 0 Å². The molecule has 0 aromatic carbocycles. The number of esters is 1. The monoisotopic (exact) mass is 227 g/mol. The van der Waals surface area contributed by atoms with Gasteiger partial charge in [0.15, 0.2) is 0 Å². The van der Waals surface area contributed by atoms with Gasteiger partial charge in [0, 0.05) is 12.6 Å². The lowest BCUT2D eigenvalue weighted by Crippen LogP contribution is -2.39. The van der Waals surface area contributed by atoms with Crippen LogP contribution in [0.3, 0.4) is 0 Å². The van der Waals surface area contributed by atoms with Crippen LogP contribution in [0.15, 0.2) is 0 Å². The van der Waals surface area contributed by atoms with Crippen molar-refractivity contribution < 1.29 is 9.53 Å². The normalized spacial score (nSPS) is 21.2. The van der Waals surface area contributed by atoms with Crippen molar-refractivity contribution in [1.82, 2.24) is 5.32 Å². The second kappa shape index (κ2) is 5.67.